The Morgan fingerprint density at radius 2 is 2.22 bits per heavy atom. The lowest BCUT2D eigenvalue weighted by molar-refractivity contribution is -0.0281. The average molecular weight is 315 g/mol. The zero-order valence-electron chi connectivity index (χ0n) is 14.4. The van der Waals surface area contributed by atoms with Gasteiger partial charge in [0.25, 0.3) is 0 Å². The van der Waals surface area contributed by atoms with E-state index in [0.717, 1.165) is 31.2 Å². The minimum Gasteiger partial charge on any atom is -0.497 e. The predicted octanol–water partition coefficient (Wildman–Crippen LogP) is 3.13. The molecule has 3 nitrogen and oxygen atoms in total. The van der Waals surface area contributed by atoms with Crippen molar-refractivity contribution in [2.75, 3.05) is 20.2 Å². The second-order valence-electron chi connectivity index (χ2n) is 7.90. The molecule has 1 aromatic rings. The van der Waals surface area contributed by atoms with Crippen molar-refractivity contribution in [3.05, 3.63) is 29.3 Å². The van der Waals surface area contributed by atoms with Gasteiger partial charge in [0.15, 0.2) is 0 Å². The van der Waals surface area contributed by atoms with Crippen LogP contribution in [-0.4, -0.2) is 42.4 Å². The number of nitrogens with zero attached hydrogens (tertiary/aromatic N) is 1. The van der Waals surface area contributed by atoms with Crippen LogP contribution in [0.3, 0.4) is 0 Å². The molecule has 0 radical (unpaired) electrons. The van der Waals surface area contributed by atoms with E-state index in [0.29, 0.717) is 11.5 Å². The van der Waals surface area contributed by atoms with Crippen LogP contribution in [0.1, 0.15) is 50.2 Å². The summed E-state index contributed by atoms with van der Waals surface area (Å²) in [6.45, 7) is 3.87. The number of rotatable bonds is 3. The van der Waals surface area contributed by atoms with Gasteiger partial charge in [-0.15, -0.1) is 0 Å². The van der Waals surface area contributed by atoms with Gasteiger partial charge in [-0.25, -0.2) is 0 Å². The molecule has 2 fully saturated rings. The normalized spacial score (nSPS) is 34.4. The van der Waals surface area contributed by atoms with Crippen molar-refractivity contribution >= 4 is 0 Å². The Hall–Kier alpha value is -1.06. The molecule has 1 saturated heterocycles. The van der Waals surface area contributed by atoms with Gasteiger partial charge in [0, 0.05) is 18.0 Å². The second kappa shape index (κ2) is 5.78. The van der Waals surface area contributed by atoms with Crippen molar-refractivity contribution in [1.29, 1.82) is 0 Å². The Balaban J connectivity index is 1.77. The molecule has 3 aliphatic rings. The minimum atomic E-state index is -0.233. The Kier molecular flexibility index (Phi) is 3.89. The first-order chi connectivity index (χ1) is 11.1. The van der Waals surface area contributed by atoms with Crippen LogP contribution in [0.4, 0.5) is 0 Å². The van der Waals surface area contributed by atoms with E-state index < -0.39 is 0 Å². The van der Waals surface area contributed by atoms with Crippen LogP contribution in [0.15, 0.2) is 18.2 Å². The van der Waals surface area contributed by atoms with E-state index in [-0.39, 0.29) is 6.10 Å². The smallest absolute Gasteiger partial charge is 0.119 e. The maximum absolute atomic E-state index is 9.90. The third-order valence-corrected chi connectivity index (χ3v) is 6.66. The molecule has 1 N–H and O–H groups in total. The highest BCUT2D eigenvalue weighted by atomic mass is 16.5. The molecule has 1 aliphatic heterocycles. The monoisotopic (exact) mass is 315 g/mol. The Morgan fingerprint density at radius 3 is 3.00 bits per heavy atom. The van der Waals surface area contributed by atoms with Crippen LogP contribution in [0.25, 0.3) is 0 Å². The zero-order valence-corrected chi connectivity index (χ0v) is 14.4. The highest BCUT2D eigenvalue weighted by molar-refractivity contribution is 5.45. The summed E-state index contributed by atoms with van der Waals surface area (Å²) >= 11 is 0. The van der Waals surface area contributed by atoms with Crippen LogP contribution in [0.2, 0.25) is 0 Å². The molecule has 4 rings (SSSR count). The molecular weight excluding hydrogens is 286 g/mol. The standard InChI is InChI=1S/C20H29NO2/c1-14(22)13-21-10-9-20-8-4-3-5-17(20)19(21)11-15-6-7-16(23-2)12-18(15)20/h6-7,12,14,17,19,22H,3-5,8-11,13H2,1-2H3/t14?,17?,19-,20-/m1/s1. The quantitative estimate of drug-likeness (QED) is 0.930. The molecular formula is C20H29NO2. The number of β-amino-alcohol motifs (C(OH)–C–C–N with tert-alkyl or cyclic N) is 1. The van der Waals surface area contributed by atoms with Gasteiger partial charge in [-0.05, 0) is 68.3 Å². The third-order valence-electron chi connectivity index (χ3n) is 6.66. The van der Waals surface area contributed by atoms with Gasteiger partial charge in [0.05, 0.1) is 13.2 Å². The fourth-order valence-electron chi connectivity index (χ4n) is 5.76. The number of likely N-dealkylation sites (tertiary alicyclic amines) is 1. The van der Waals surface area contributed by atoms with Gasteiger partial charge < -0.3 is 9.84 Å². The van der Waals surface area contributed by atoms with Gasteiger partial charge in [0.2, 0.25) is 0 Å². The minimum absolute atomic E-state index is 0.233. The summed E-state index contributed by atoms with van der Waals surface area (Å²) in [4.78, 5) is 2.58. The van der Waals surface area contributed by atoms with Crippen LogP contribution in [0.5, 0.6) is 5.75 Å². The zero-order chi connectivity index (χ0) is 16.0. The van der Waals surface area contributed by atoms with E-state index >= 15 is 0 Å². The van der Waals surface area contributed by atoms with Gasteiger partial charge in [-0.2, -0.15) is 0 Å². The number of piperidine rings is 1. The molecule has 3 heteroatoms. The molecule has 23 heavy (non-hydrogen) atoms. The van der Waals surface area contributed by atoms with E-state index in [9.17, 15) is 5.11 Å². The van der Waals surface area contributed by atoms with E-state index in [1.54, 1.807) is 12.7 Å². The fourth-order valence-corrected chi connectivity index (χ4v) is 5.76. The summed E-state index contributed by atoms with van der Waals surface area (Å²) < 4.78 is 5.52. The van der Waals surface area contributed by atoms with Crippen LogP contribution < -0.4 is 4.74 Å². The van der Waals surface area contributed by atoms with Crippen LogP contribution in [-0.2, 0) is 11.8 Å². The van der Waals surface area contributed by atoms with Crippen molar-refractivity contribution in [3.63, 3.8) is 0 Å². The molecule has 1 saturated carbocycles. The van der Waals surface area contributed by atoms with Crippen LogP contribution in [0, 0.1) is 5.92 Å². The molecule has 126 valence electrons. The summed E-state index contributed by atoms with van der Waals surface area (Å²) in [7, 11) is 1.77. The Morgan fingerprint density at radius 1 is 1.35 bits per heavy atom. The van der Waals surface area contributed by atoms with Crippen molar-refractivity contribution in [3.8, 4) is 5.75 Å². The average Bonchev–Trinajstić information content (AvgIpc) is 2.56. The molecule has 4 atom stereocenters. The SMILES string of the molecule is COc1ccc2c(c1)[C@@]13CCCCC1[C@@H](C2)N(CC(C)O)CC3. The molecule has 0 aromatic heterocycles. The first-order valence-electron chi connectivity index (χ1n) is 9.23. The second-order valence-corrected chi connectivity index (χ2v) is 7.90. The third kappa shape index (κ3) is 2.40. The Labute approximate surface area is 139 Å². The lowest BCUT2D eigenvalue weighted by Gasteiger charge is -2.59. The van der Waals surface area contributed by atoms with Gasteiger partial charge >= 0.3 is 0 Å². The summed E-state index contributed by atoms with van der Waals surface area (Å²) in [6.07, 6.45) is 7.54. The largest absolute Gasteiger partial charge is 0.497 e. The maximum atomic E-state index is 9.90. The molecule has 2 bridgehead atoms. The van der Waals surface area contributed by atoms with E-state index in [4.69, 9.17) is 4.74 Å². The van der Waals surface area contributed by atoms with Gasteiger partial charge in [-0.3, -0.25) is 4.90 Å². The molecule has 1 heterocycles. The number of benzene rings is 1. The Bertz CT molecular complexity index is 585. The number of aliphatic hydroxyl groups is 1. The highest BCUT2D eigenvalue weighted by Crippen LogP contribution is 2.56. The summed E-state index contributed by atoms with van der Waals surface area (Å²) in [5, 5.41) is 9.90. The molecule has 0 spiro atoms. The number of fused-ring (bicyclic) bond motifs is 1. The maximum Gasteiger partial charge on any atom is 0.119 e. The van der Waals surface area contributed by atoms with Crippen molar-refractivity contribution in [2.45, 2.75) is 63.0 Å². The van der Waals surface area contributed by atoms with Gasteiger partial charge in [0.1, 0.15) is 5.75 Å². The van der Waals surface area contributed by atoms with Crippen molar-refractivity contribution in [1.82, 2.24) is 4.90 Å². The van der Waals surface area contributed by atoms with E-state index in [1.807, 2.05) is 6.92 Å². The topological polar surface area (TPSA) is 32.7 Å². The van der Waals surface area contributed by atoms with Crippen molar-refractivity contribution < 1.29 is 9.84 Å². The number of methoxy groups -OCH3 is 1. The molecule has 0 amide bonds. The number of hydrogen-bond acceptors (Lipinski definition) is 3. The van der Waals surface area contributed by atoms with Crippen LogP contribution >= 0.6 is 0 Å². The summed E-state index contributed by atoms with van der Waals surface area (Å²) in [6, 6.07) is 7.35. The first-order valence-corrected chi connectivity index (χ1v) is 9.23. The molecule has 1 aromatic carbocycles. The summed E-state index contributed by atoms with van der Waals surface area (Å²) in [5.74, 6) is 1.76. The predicted molar refractivity (Wildman–Crippen MR) is 92.0 cm³/mol. The van der Waals surface area contributed by atoms with E-state index in [1.165, 1.54) is 37.7 Å². The molecule has 2 aliphatic carbocycles. The number of ether oxygens (including phenoxy) is 1. The summed E-state index contributed by atoms with van der Waals surface area (Å²) in [5.41, 5.74) is 3.46. The first kappa shape index (κ1) is 15.5. The van der Waals surface area contributed by atoms with Crippen molar-refractivity contribution in [2.24, 2.45) is 5.92 Å². The van der Waals surface area contributed by atoms with E-state index in [2.05, 4.69) is 23.1 Å². The fraction of sp³-hybridized carbons (Fsp3) is 0.700. The lowest BCUT2D eigenvalue weighted by atomic mass is 9.52. The highest BCUT2D eigenvalue weighted by Gasteiger charge is 2.53. The molecule has 2 unspecified atom stereocenters. The number of hydrogen-bond donors (Lipinski definition) is 1. The number of aliphatic hydroxyl groups excluding tert-OH is 1. The lowest BCUT2D eigenvalue weighted by Crippen LogP contribution is -2.61. The van der Waals surface area contributed by atoms with Gasteiger partial charge in [-0.1, -0.05) is 18.9 Å².